The Hall–Kier alpha value is -3.45. The molecular formula is C22H18ClFN4O2. The first-order valence-electron chi connectivity index (χ1n) is 9.25. The number of rotatable bonds is 5. The monoisotopic (exact) mass is 424 g/mol. The molecule has 0 saturated carbocycles. The van der Waals surface area contributed by atoms with Gasteiger partial charge in [-0.25, -0.2) is 9.37 Å². The fourth-order valence-corrected chi connectivity index (χ4v) is 3.49. The van der Waals surface area contributed by atoms with Crippen molar-refractivity contribution in [3.63, 3.8) is 0 Å². The predicted molar refractivity (Wildman–Crippen MR) is 111 cm³/mol. The molecule has 1 N–H and O–H groups in total. The number of hydrogen-bond donors (Lipinski definition) is 1. The summed E-state index contributed by atoms with van der Waals surface area (Å²) in [6, 6.07) is 11.7. The molecule has 1 amide bonds. The summed E-state index contributed by atoms with van der Waals surface area (Å²) in [5, 5.41) is 6.95. The molecule has 1 atom stereocenters. The summed E-state index contributed by atoms with van der Waals surface area (Å²) < 4.78 is 21.4. The number of nitrogens with zero attached hydrogens (tertiary/aromatic N) is 3. The van der Waals surface area contributed by atoms with E-state index in [2.05, 4.69) is 15.5 Å². The molecule has 30 heavy (non-hydrogen) atoms. The highest BCUT2D eigenvalue weighted by atomic mass is 35.5. The number of halogens is 2. The summed E-state index contributed by atoms with van der Waals surface area (Å²) in [4.78, 5) is 17.0. The van der Waals surface area contributed by atoms with Crippen LogP contribution in [0.15, 0.2) is 65.7 Å². The lowest BCUT2D eigenvalue weighted by Crippen LogP contribution is -2.27. The van der Waals surface area contributed by atoms with Crippen molar-refractivity contribution < 1.29 is 13.7 Å². The average Bonchev–Trinajstić information content (AvgIpc) is 3.38. The second kappa shape index (κ2) is 8.12. The molecule has 2 aromatic heterocycles. The van der Waals surface area contributed by atoms with E-state index in [1.54, 1.807) is 19.4 Å². The summed E-state index contributed by atoms with van der Waals surface area (Å²) in [6.07, 6.45) is 5.27. The van der Waals surface area contributed by atoms with Gasteiger partial charge in [-0.15, -0.1) is 0 Å². The maximum Gasteiger partial charge on any atom is 0.257 e. The van der Waals surface area contributed by atoms with Crippen molar-refractivity contribution in [3.05, 3.63) is 88.9 Å². The first-order chi connectivity index (χ1) is 14.5. The predicted octanol–water partition coefficient (Wildman–Crippen LogP) is 5.12. The zero-order valence-electron chi connectivity index (χ0n) is 16.3. The van der Waals surface area contributed by atoms with Crippen LogP contribution >= 0.6 is 11.6 Å². The third kappa shape index (κ3) is 3.71. The van der Waals surface area contributed by atoms with Crippen LogP contribution in [-0.4, -0.2) is 20.6 Å². The minimum Gasteiger partial charge on any atom is -0.360 e. The number of benzene rings is 2. The van der Waals surface area contributed by atoms with Crippen LogP contribution in [0.3, 0.4) is 0 Å². The van der Waals surface area contributed by atoms with Crippen molar-refractivity contribution >= 4 is 17.5 Å². The molecule has 4 aromatic rings. The summed E-state index contributed by atoms with van der Waals surface area (Å²) in [7, 11) is 0. The Morgan fingerprint density at radius 2 is 2.00 bits per heavy atom. The van der Waals surface area contributed by atoms with Gasteiger partial charge in [0.25, 0.3) is 5.91 Å². The lowest BCUT2D eigenvalue weighted by atomic mass is 10.0. The van der Waals surface area contributed by atoms with Crippen molar-refractivity contribution in [2.45, 2.75) is 19.9 Å². The van der Waals surface area contributed by atoms with Crippen LogP contribution in [0.2, 0.25) is 5.02 Å². The van der Waals surface area contributed by atoms with Crippen molar-refractivity contribution in [2.24, 2.45) is 0 Å². The van der Waals surface area contributed by atoms with E-state index in [1.165, 1.54) is 18.2 Å². The quantitative estimate of drug-likeness (QED) is 0.482. The maximum absolute atomic E-state index is 14.4. The minimum absolute atomic E-state index is 0.0403. The van der Waals surface area contributed by atoms with Gasteiger partial charge >= 0.3 is 0 Å². The van der Waals surface area contributed by atoms with Gasteiger partial charge in [0.15, 0.2) is 0 Å². The molecule has 0 saturated heterocycles. The van der Waals surface area contributed by atoms with E-state index in [4.69, 9.17) is 16.1 Å². The highest BCUT2D eigenvalue weighted by Gasteiger charge is 2.26. The molecule has 0 bridgehead atoms. The smallest absolute Gasteiger partial charge is 0.257 e. The molecule has 0 aliphatic heterocycles. The molecule has 6 nitrogen and oxygen atoms in total. The fourth-order valence-electron chi connectivity index (χ4n) is 3.23. The zero-order valence-corrected chi connectivity index (χ0v) is 17.0. The van der Waals surface area contributed by atoms with Gasteiger partial charge in [0.2, 0.25) is 0 Å². The van der Waals surface area contributed by atoms with E-state index >= 15 is 0 Å². The van der Waals surface area contributed by atoms with E-state index in [1.807, 2.05) is 42.0 Å². The Bertz CT molecular complexity index is 1170. The topological polar surface area (TPSA) is 73.0 Å². The molecule has 0 aliphatic rings. The lowest BCUT2D eigenvalue weighted by Gasteiger charge is -2.15. The largest absolute Gasteiger partial charge is 0.360 e. The van der Waals surface area contributed by atoms with Crippen molar-refractivity contribution in [1.82, 2.24) is 20.0 Å². The van der Waals surface area contributed by atoms with Crippen molar-refractivity contribution in [3.8, 4) is 16.9 Å². The van der Waals surface area contributed by atoms with E-state index in [-0.39, 0.29) is 33.6 Å². The Morgan fingerprint density at radius 1 is 1.23 bits per heavy atom. The van der Waals surface area contributed by atoms with E-state index in [0.717, 1.165) is 11.3 Å². The average molecular weight is 425 g/mol. The maximum atomic E-state index is 14.4. The van der Waals surface area contributed by atoms with Crippen LogP contribution in [0.25, 0.3) is 16.9 Å². The third-order valence-corrected chi connectivity index (χ3v) is 5.15. The second-order valence-corrected chi connectivity index (χ2v) is 7.22. The molecule has 1 unspecified atom stereocenters. The molecule has 0 radical (unpaired) electrons. The molecule has 2 heterocycles. The Morgan fingerprint density at radius 3 is 2.67 bits per heavy atom. The van der Waals surface area contributed by atoms with Crippen molar-refractivity contribution in [2.75, 3.05) is 0 Å². The van der Waals surface area contributed by atoms with Crippen molar-refractivity contribution in [1.29, 1.82) is 0 Å². The van der Waals surface area contributed by atoms with Gasteiger partial charge in [0.05, 0.1) is 23.0 Å². The molecular weight excluding hydrogens is 407 g/mol. The summed E-state index contributed by atoms with van der Waals surface area (Å²) in [5.41, 5.74) is 2.14. The lowest BCUT2D eigenvalue weighted by molar-refractivity contribution is 0.0939. The molecule has 0 fully saturated rings. The number of carbonyl (C=O) groups excluding carboxylic acids is 1. The molecule has 0 spiro atoms. The Balaban J connectivity index is 1.58. The molecule has 2 aromatic carbocycles. The number of carbonyl (C=O) groups is 1. The van der Waals surface area contributed by atoms with Crippen LogP contribution in [0.1, 0.15) is 34.6 Å². The van der Waals surface area contributed by atoms with E-state index < -0.39 is 11.7 Å². The zero-order chi connectivity index (χ0) is 21.3. The summed E-state index contributed by atoms with van der Waals surface area (Å²) >= 11 is 6.15. The number of aryl methyl sites for hydroxylation is 1. The number of amides is 1. The van der Waals surface area contributed by atoms with Crippen LogP contribution in [0.4, 0.5) is 4.39 Å². The number of aromatic nitrogens is 3. The first-order valence-corrected chi connectivity index (χ1v) is 9.63. The SMILES string of the molecule is Cc1onc(-c2c(F)cccc2Cl)c1C(=O)NC(C)c1ccc(-n2ccnc2)cc1. The van der Waals surface area contributed by atoms with Gasteiger partial charge in [0.1, 0.15) is 22.8 Å². The van der Waals surface area contributed by atoms with Crippen LogP contribution in [0.5, 0.6) is 0 Å². The second-order valence-electron chi connectivity index (χ2n) is 6.82. The fraction of sp³-hybridized carbons (Fsp3) is 0.136. The summed E-state index contributed by atoms with van der Waals surface area (Å²) in [6.45, 7) is 3.47. The summed E-state index contributed by atoms with van der Waals surface area (Å²) in [5.74, 6) is -0.716. The molecule has 8 heteroatoms. The molecule has 152 valence electrons. The highest BCUT2D eigenvalue weighted by Crippen LogP contribution is 2.33. The van der Waals surface area contributed by atoms with Gasteiger partial charge in [-0.1, -0.05) is 35.0 Å². The van der Waals surface area contributed by atoms with Gasteiger partial charge in [-0.3, -0.25) is 4.79 Å². The van der Waals surface area contributed by atoms with Crippen LogP contribution < -0.4 is 5.32 Å². The van der Waals surface area contributed by atoms with Gasteiger partial charge < -0.3 is 14.4 Å². The minimum atomic E-state index is -0.576. The van der Waals surface area contributed by atoms with Crippen LogP contribution in [-0.2, 0) is 0 Å². The van der Waals surface area contributed by atoms with Gasteiger partial charge in [-0.2, -0.15) is 0 Å². The number of hydrogen-bond acceptors (Lipinski definition) is 4. The van der Waals surface area contributed by atoms with E-state index in [9.17, 15) is 9.18 Å². The van der Waals surface area contributed by atoms with E-state index in [0.29, 0.717) is 0 Å². The molecule has 0 aliphatic carbocycles. The normalized spacial score (nSPS) is 12.0. The highest BCUT2D eigenvalue weighted by molar-refractivity contribution is 6.33. The van der Waals surface area contributed by atoms with Gasteiger partial charge in [0, 0.05) is 18.1 Å². The standard InChI is InChI=1S/C22H18ClFN4O2/c1-13(15-6-8-16(9-7-15)28-11-10-25-12-28)26-22(29)19-14(2)30-27-21(19)20-17(23)4-3-5-18(20)24/h3-13H,1-2H3,(H,26,29). The first kappa shape index (κ1) is 19.8. The Labute approximate surface area is 177 Å². The number of nitrogens with one attached hydrogen (secondary N) is 1. The van der Waals surface area contributed by atoms with Gasteiger partial charge in [-0.05, 0) is 43.7 Å². The van der Waals surface area contributed by atoms with Crippen LogP contribution in [0, 0.1) is 12.7 Å². The number of imidazole rings is 1. The Kier molecular flexibility index (Phi) is 5.37. The third-order valence-electron chi connectivity index (χ3n) is 4.83. The molecule has 4 rings (SSSR count).